The van der Waals surface area contributed by atoms with Crippen LogP contribution in [-0.2, 0) is 0 Å². The first-order chi connectivity index (χ1) is 4.63. The molecule has 4 heteroatoms. The van der Waals surface area contributed by atoms with Crippen LogP contribution in [0.15, 0.2) is 6.20 Å². The predicted molar refractivity (Wildman–Crippen MR) is 42.2 cm³/mol. The lowest BCUT2D eigenvalue weighted by atomic mass is 10.2. The Morgan fingerprint density at radius 1 is 1.30 bits per heavy atom. The van der Waals surface area contributed by atoms with E-state index >= 15 is 0 Å². The van der Waals surface area contributed by atoms with Gasteiger partial charge in [-0.05, 0) is 6.92 Å². The summed E-state index contributed by atoms with van der Waals surface area (Å²) in [5, 5.41) is 0. The Morgan fingerprint density at radius 2 is 1.90 bits per heavy atom. The molecule has 54 valence electrons. The van der Waals surface area contributed by atoms with Crippen molar-refractivity contribution in [1.29, 1.82) is 0 Å². The molecule has 0 aromatic carbocycles. The lowest BCUT2D eigenvalue weighted by Crippen LogP contribution is -2.02. The maximum Gasteiger partial charge on any atom is 0.146 e. The summed E-state index contributed by atoms with van der Waals surface area (Å²) in [6.45, 7) is 1.81. The van der Waals surface area contributed by atoms with Gasteiger partial charge in [0.05, 0.1) is 17.6 Å². The molecular weight excluding hydrogens is 128 g/mol. The number of nitrogens with two attached hydrogens (primary N) is 3. The lowest BCUT2D eigenvalue weighted by Gasteiger charge is -2.04. The number of nitrogens with zero attached hydrogens (tertiary/aromatic N) is 1. The molecule has 0 spiro atoms. The zero-order chi connectivity index (χ0) is 7.72. The Balaban J connectivity index is 3.34. The molecule has 0 bridgehead atoms. The molecule has 1 heterocycles. The third-order valence-electron chi connectivity index (χ3n) is 1.46. The predicted octanol–water partition coefficient (Wildman–Crippen LogP) is 0.137. The van der Waals surface area contributed by atoms with Gasteiger partial charge in [0.1, 0.15) is 5.82 Å². The molecule has 4 nitrogen and oxygen atoms in total. The highest BCUT2D eigenvalue weighted by atomic mass is 14.9. The first-order valence-corrected chi connectivity index (χ1v) is 2.89. The fraction of sp³-hybridized carbons (Fsp3) is 0.167. The van der Waals surface area contributed by atoms with E-state index in [9.17, 15) is 0 Å². The highest BCUT2D eigenvalue weighted by Gasteiger charge is 2.01. The van der Waals surface area contributed by atoms with Crippen LogP contribution in [0, 0.1) is 6.92 Å². The molecule has 1 rings (SSSR count). The zero-order valence-corrected chi connectivity index (χ0v) is 5.76. The minimum Gasteiger partial charge on any atom is -0.397 e. The second-order valence-corrected chi connectivity index (χ2v) is 2.14. The Bertz CT molecular complexity index is 229. The number of rotatable bonds is 0. The van der Waals surface area contributed by atoms with Crippen LogP contribution in [0.4, 0.5) is 17.2 Å². The maximum atomic E-state index is 5.52. The molecule has 10 heavy (non-hydrogen) atoms. The number of hydrogen-bond acceptors (Lipinski definition) is 4. The van der Waals surface area contributed by atoms with Crippen molar-refractivity contribution in [2.24, 2.45) is 0 Å². The number of nitrogen functional groups attached to an aromatic ring is 3. The molecule has 0 aliphatic heterocycles. The van der Waals surface area contributed by atoms with Crippen LogP contribution >= 0.6 is 0 Å². The highest BCUT2D eigenvalue weighted by molar-refractivity contribution is 5.69. The van der Waals surface area contributed by atoms with Gasteiger partial charge in [-0.2, -0.15) is 0 Å². The molecule has 0 aliphatic rings. The van der Waals surface area contributed by atoms with E-state index in [1.807, 2.05) is 6.92 Å². The van der Waals surface area contributed by atoms with Gasteiger partial charge in [-0.1, -0.05) is 0 Å². The number of anilines is 3. The molecule has 1 aromatic rings. The third kappa shape index (κ3) is 0.834. The minimum atomic E-state index is 0.340. The summed E-state index contributed by atoms with van der Waals surface area (Å²) in [5.74, 6) is 0.340. The molecule has 0 radical (unpaired) electrons. The van der Waals surface area contributed by atoms with Crippen LogP contribution < -0.4 is 17.2 Å². The van der Waals surface area contributed by atoms with Crippen LogP contribution in [0.5, 0.6) is 0 Å². The van der Waals surface area contributed by atoms with Crippen molar-refractivity contribution < 1.29 is 0 Å². The van der Waals surface area contributed by atoms with Crippen LogP contribution in [-0.4, -0.2) is 4.98 Å². The van der Waals surface area contributed by atoms with Crippen LogP contribution in [0.25, 0.3) is 0 Å². The second-order valence-electron chi connectivity index (χ2n) is 2.14. The van der Waals surface area contributed by atoms with Gasteiger partial charge < -0.3 is 17.2 Å². The van der Waals surface area contributed by atoms with E-state index in [0.717, 1.165) is 5.56 Å². The van der Waals surface area contributed by atoms with E-state index in [1.54, 1.807) is 0 Å². The van der Waals surface area contributed by atoms with Crippen LogP contribution in [0.3, 0.4) is 0 Å². The Kier molecular flexibility index (Phi) is 1.37. The van der Waals surface area contributed by atoms with Crippen molar-refractivity contribution in [3.63, 3.8) is 0 Å². The van der Waals surface area contributed by atoms with E-state index in [2.05, 4.69) is 4.98 Å². The van der Waals surface area contributed by atoms with Gasteiger partial charge in [0, 0.05) is 5.56 Å². The summed E-state index contributed by atoms with van der Waals surface area (Å²) in [4.78, 5) is 3.77. The summed E-state index contributed by atoms with van der Waals surface area (Å²) < 4.78 is 0. The van der Waals surface area contributed by atoms with Crippen molar-refractivity contribution in [3.05, 3.63) is 11.8 Å². The Hall–Kier alpha value is -1.45. The molecule has 1 aromatic heterocycles. The fourth-order valence-electron chi connectivity index (χ4n) is 0.653. The van der Waals surface area contributed by atoms with Crippen molar-refractivity contribution in [2.45, 2.75) is 6.92 Å². The minimum absolute atomic E-state index is 0.340. The number of aromatic nitrogens is 1. The van der Waals surface area contributed by atoms with Crippen molar-refractivity contribution in [3.8, 4) is 0 Å². The molecular formula is C6H10N4. The van der Waals surface area contributed by atoms with E-state index in [-0.39, 0.29) is 0 Å². The van der Waals surface area contributed by atoms with E-state index in [4.69, 9.17) is 17.2 Å². The molecule has 0 fully saturated rings. The topological polar surface area (TPSA) is 90.9 Å². The van der Waals surface area contributed by atoms with Crippen molar-refractivity contribution >= 4 is 17.2 Å². The third-order valence-corrected chi connectivity index (χ3v) is 1.46. The summed E-state index contributed by atoms with van der Waals surface area (Å²) in [5.41, 5.74) is 18.3. The average Bonchev–Trinajstić information content (AvgIpc) is 1.93. The van der Waals surface area contributed by atoms with Crippen molar-refractivity contribution in [2.75, 3.05) is 17.2 Å². The Morgan fingerprint density at radius 3 is 2.40 bits per heavy atom. The first kappa shape index (κ1) is 6.67. The van der Waals surface area contributed by atoms with Gasteiger partial charge in [-0.25, -0.2) is 4.98 Å². The molecule has 0 saturated heterocycles. The van der Waals surface area contributed by atoms with Gasteiger partial charge in [-0.15, -0.1) is 0 Å². The zero-order valence-electron chi connectivity index (χ0n) is 5.76. The summed E-state index contributed by atoms with van der Waals surface area (Å²) in [6.07, 6.45) is 1.50. The molecule has 0 saturated carbocycles. The highest BCUT2D eigenvalue weighted by Crippen LogP contribution is 2.20. The molecule has 0 amide bonds. The van der Waals surface area contributed by atoms with Gasteiger partial charge in [0.15, 0.2) is 0 Å². The van der Waals surface area contributed by atoms with Gasteiger partial charge >= 0.3 is 0 Å². The van der Waals surface area contributed by atoms with Gasteiger partial charge in [0.2, 0.25) is 0 Å². The van der Waals surface area contributed by atoms with E-state index < -0.39 is 0 Å². The molecule has 0 aliphatic carbocycles. The molecule has 6 N–H and O–H groups in total. The summed E-state index contributed by atoms with van der Waals surface area (Å²) in [7, 11) is 0. The van der Waals surface area contributed by atoms with E-state index in [1.165, 1.54) is 6.20 Å². The van der Waals surface area contributed by atoms with Crippen LogP contribution in [0.1, 0.15) is 5.56 Å². The maximum absolute atomic E-state index is 5.52. The smallest absolute Gasteiger partial charge is 0.146 e. The van der Waals surface area contributed by atoms with Gasteiger partial charge in [-0.3, -0.25) is 0 Å². The number of pyridine rings is 1. The second kappa shape index (κ2) is 2.06. The van der Waals surface area contributed by atoms with Gasteiger partial charge in [0.25, 0.3) is 0 Å². The average molecular weight is 138 g/mol. The SMILES string of the molecule is Cc1c(N)cnc(N)c1N. The first-order valence-electron chi connectivity index (χ1n) is 2.89. The normalized spacial score (nSPS) is 9.70. The Labute approximate surface area is 59.0 Å². The van der Waals surface area contributed by atoms with Crippen molar-refractivity contribution in [1.82, 2.24) is 4.98 Å². The monoisotopic (exact) mass is 138 g/mol. The van der Waals surface area contributed by atoms with Crippen LogP contribution in [0.2, 0.25) is 0 Å². The quantitative estimate of drug-likeness (QED) is 0.475. The molecule has 0 atom stereocenters. The summed E-state index contributed by atoms with van der Waals surface area (Å²) in [6, 6.07) is 0. The number of hydrogen-bond donors (Lipinski definition) is 3. The standard InChI is InChI=1S/C6H10N4/c1-3-4(7)2-10-6(9)5(3)8/h2H,7-8H2,1H3,(H2,9,10). The summed E-state index contributed by atoms with van der Waals surface area (Å²) >= 11 is 0. The molecule has 0 unspecified atom stereocenters. The largest absolute Gasteiger partial charge is 0.397 e. The van der Waals surface area contributed by atoms with E-state index in [0.29, 0.717) is 17.2 Å². The lowest BCUT2D eigenvalue weighted by molar-refractivity contribution is 1.30. The fourth-order valence-corrected chi connectivity index (χ4v) is 0.653.